The van der Waals surface area contributed by atoms with Crippen LogP contribution in [0.25, 0.3) is 10.9 Å². The predicted octanol–water partition coefficient (Wildman–Crippen LogP) is 3.35. The molecule has 1 unspecified atom stereocenters. The van der Waals surface area contributed by atoms with Crippen LogP contribution in [-0.2, 0) is 0 Å². The molecule has 0 aliphatic carbocycles. The molecule has 1 aliphatic rings. The number of hydrogen-bond donors (Lipinski definition) is 1. The minimum atomic E-state index is 0.173. The van der Waals surface area contributed by atoms with Crippen LogP contribution in [0.3, 0.4) is 0 Å². The van der Waals surface area contributed by atoms with Gasteiger partial charge in [0, 0.05) is 35.2 Å². The Morgan fingerprint density at radius 2 is 2.21 bits per heavy atom. The smallest absolute Gasteiger partial charge is 0.253 e. The van der Waals surface area contributed by atoms with Gasteiger partial charge in [-0.1, -0.05) is 6.92 Å². The lowest BCUT2D eigenvalue weighted by atomic mass is 9.99. The van der Waals surface area contributed by atoms with E-state index in [2.05, 4.69) is 18.0 Å². The molecular weight excluding hydrogens is 236 g/mol. The molecule has 1 atom stereocenters. The van der Waals surface area contributed by atoms with Crippen LogP contribution in [0.4, 0.5) is 0 Å². The molecule has 1 saturated heterocycles. The number of carbonyl (C=O) groups is 1. The first-order chi connectivity index (χ1) is 9.13. The van der Waals surface area contributed by atoms with Crippen LogP contribution in [0.1, 0.15) is 35.8 Å². The molecule has 1 fully saturated rings. The van der Waals surface area contributed by atoms with E-state index >= 15 is 0 Å². The van der Waals surface area contributed by atoms with Crippen molar-refractivity contribution in [2.75, 3.05) is 13.1 Å². The summed E-state index contributed by atoms with van der Waals surface area (Å²) in [7, 11) is 0. The molecule has 2 aromatic rings. The van der Waals surface area contributed by atoms with E-state index in [1.807, 2.05) is 30.0 Å². The standard InChI is InChI=1S/C16H20N2O/c1-11-4-3-7-18(10-11)16(19)13-5-6-15-14(9-13)8-12(2)17-15/h5-6,8-9,11,17H,3-4,7,10H2,1-2H3. The van der Waals surface area contributed by atoms with Crippen LogP contribution in [-0.4, -0.2) is 28.9 Å². The number of nitrogens with one attached hydrogen (secondary N) is 1. The van der Waals surface area contributed by atoms with Crippen molar-refractivity contribution in [1.29, 1.82) is 0 Å². The summed E-state index contributed by atoms with van der Waals surface area (Å²) >= 11 is 0. The fourth-order valence-electron chi connectivity index (χ4n) is 2.97. The van der Waals surface area contributed by atoms with Gasteiger partial charge in [0.2, 0.25) is 0 Å². The van der Waals surface area contributed by atoms with E-state index in [1.165, 1.54) is 6.42 Å². The highest BCUT2D eigenvalue weighted by Gasteiger charge is 2.22. The first-order valence-electron chi connectivity index (χ1n) is 7.02. The van der Waals surface area contributed by atoms with Gasteiger partial charge < -0.3 is 9.88 Å². The molecule has 1 aromatic heterocycles. The van der Waals surface area contributed by atoms with Crippen molar-refractivity contribution in [3.05, 3.63) is 35.5 Å². The summed E-state index contributed by atoms with van der Waals surface area (Å²) in [6, 6.07) is 8.02. The molecule has 2 heterocycles. The number of aromatic amines is 1. The van der Waals surface area contributed by atoms with E-state index in [9.17, 15) is 4.79 Å². The molecule has 1 N–H and O–H groups in total. The Labute approximate surface area is 113 Å². The Morgan fingerprint density at radius 1 is 1.37 bits per heavy atom. The zero-order valence-electron chi connectivity index (χ0n) is 11.6. The zero-order chi connectivity index (χ0) is 13.4. The maximum atomic E-state index is 12.5. The predicted molar refractivity (Wildman–Crippen MR) is 77.3 cm³/mol. The number of piperidine rings is 1. The summed E-state index contributed by atoms with van der Waals surface area (Å²) in [5.74, 6) is 0.795. The second-order valence-electron chi connectivity index (χ2n) is 5.75. The van der Waals surface area contributed by atoms with Gasteiger partial charge in [-0.25, -0.2) is 0 Å². The average molecular weight is 256 g/mol. The van der Waals surface area contributed by atoms with Crippen molar-refractivity contribution in [3.8, 4) is 0 Å². The Bertz CT molecular complexity index is 614. The molecule has 3 nitrogen and oxygen atoms in total. The molecule has 1 aromatic carbocycles. The lowest BCUT2D eigenvalue weighted by molar-refractivity contribution is 0.0683. The molecule has 3 rings (SSSR count). The first kappa shape index (κ1) is 12.3. The Hall–Kier alpha value is -1.77. The highest BCUT2D eigenvalue weighted by Crippen LogP contribution is 2.21. The number of aryl methyl sites for hydroxylation is 1. The van der Waals surface area contributed by atoms with Crippen LogP contribution in [0, 0.1) is 12.8 Å². The number of benzene rings is 1. The number of aromatic nitrogens is 1. The summed E-state index contributed by atoms with van der Waals surface area (Å²) in [4.78, 5) is 17.8. The third-order valence-electron chi connectivity index (χ3n) is 3.95. The number of nitrogens with zero attached hydrogens (tertiary/aromatic N) is 1. The normalized spacial score (nSPS) is 19.9. The molecule has 19 heavy (non-hydrogen) atoms. The molecule has 1 amide bonds. The van der Waals surface area contributed by atoms with Crippen LogP contribution in [0.15, 0.2) is 24.3 Å². The number of fused-ring (bicyclic) bond motifs is 1. The minimum Gasteiger partial charge on any atom is -0.359 e. The van der Waals surface area contributed by atoms with E-state index in [0.717, 1.165) is 41.7 Å². The molecule has 0 saturated carbocycles. The van der Waals surface area contributed by atoms with Crippen LogP contribution >= 0.6 is 0 Å². The van der Waals surface area contributed by atoms with Crippen molar-refractivity contribution < 1.29 is 4.79 Å². The Balaban J connectivity index is 1.88. The van der Waals surface area contributed by atoms with Crippen molar-refractivity contribution in [3.63, 3.8) is 0 Å². The fraction of sp³-hybridized carbons (Fsp3) is 0.438. The fourth-order valence-corrected chi connectivity index (χ4v) is 2.97. The highest BCUT2D eigenvalue weighted by molar-refractivity contribution is 5.98. The van der Waals surface area contributed by atoms with Gasteiger partial charge in [0.1, 0.15) is 0 Å². The van der Waals surface area contributed by atoms with Gasteiger partial charge in [0.05, 0.1) is 0 Å². The SMILES string of the molecule is Cc1cc2cc(C(=O)N3CCCC(C)C3)ccc2[nH]1. The monoisotopic (exact) mass is 256 g/mol. The quantitative estimate of drug-likeness (QED) is 0.834. The Kier molecular flexibility index (Phi) is 3.05. The minimum absolute atomic E-state index is 0.173. The second kappa shape index (κ2) is 4.72. The summed E-state index contributed by atoms with van der Waals surface area (Å²) in [6.45, 7) is 6.04. The molecular formula is C16H20N2O. The topological polar surface area (TPSA) is 36.1 Å². The highest BCUT2D eigenvalue weighted by atomic mass is 16.2. The van der Waals surface area contributed by atoms with Gasteiger partial charge in [0.15, 0.2) is 0 Å². The summed E-state index contributed by atoms with van der Waals surface area (Å²) in [6.07, 6.45) is 2.36. The number of amides is 1. The summed E-state index contributed by atoms with van der Waals surface area (Å²) in [5.41, 5.74) is 3.04. The molecule has 0 radical (unpaired) electrons. The number of rotatable bonds is 1. The molecule has 3 heteroatoms. The number of carbonyl (C=O) groups excluding carboxylic acids is 1. The number of hydrogen-bond acceptors (Lipinski definition) is 1. The van der Waals surface area contributed by atoms with Gasteiger partial charge in [-0.2, -0.15) is 0 Å². The molecule has 1 aliphatic heterocycles. The third-order valence-corrected chi connectivity index (χ3v) is 3.95. The van der Waals surface area contributed by atoms with E-state index in [1.54, 1.807) is 0 Å². The summed E-state index contributed by atoms with van der Waals surface area (Å²) in [5, 5.41) is 1.12. The van der Waals surface area contributed by atoms with Crippen molar-refractivity contribution >= 4 is 16.8 Å². The molecule has 0 bridgehead atoms. The molecule has 100 valence electrons. The number of likely N-dealkylation sites (tertiary alicyclic amines) is 1. The van der Waals surface area contributed by atoms with Crippen molar-refractivity contribution in [2.24, 2.45) is 5.92 Å². The maximum absolute atomic E-state index is 12.5. The average Bonchev–Trinajstić information content (AvgIpc) is 2.76. The molecule has 0 spiro atoms. The van der Waals surface area contributed by atoms with Crippen LogP contribution in [0.5, 0.6) is 0 Å². The lowest BCUT2D eigenvalue weighted by Crippen LogP contribution is -2.39. The van der Waals surface area contributed by atoms with Gasteiger partial charge in [0.25, 0.3) is 5.91 Å². The van der Waals surface area contributed by atoms with Crippen LogP contribution in [0.2, 0.25) is 0 Å². The van der Waals surface area contributed by atoms with Gasteiger partial charge >= 0.3 is 0 Å². The van der Waals surface area contributed by atoms with Gasteiger partial charge in [-0.05, 0) is 49.9 Å². The number of H-pyrrole nitrogens is 1. The zero-order valence-corrected chi connectivity index (χ0v) is 11.6. The summed E-state index contributed by atoms with van der Waals surface area (Å²) < 4.78 is 0. The van der Waals surface area contributed by atoms with Crippen LogP contribution < -0.4 is 0 Å². The van der Waals surface area contributed by atoms with E-state index < -0.39 is 0 Å². The first-order valence-corrected chi connectivity index (χ1v) is 7.02. The second-order valence-corrected chi connectivity index (χ2v) is 5.75. The Morgan fingerprint density at radius 3 is 3.00 bits per heavy atom. The van der Waals surface area contributed by atoms with E-state index in [0.29, 0.717) is 5.92 Å². The maximum Gasteiger partial charge on any atom is 0.253 e. The van der Waals surface area contributed by atoms with Gasteiger partial charge in [-0.15, -0.1) is 0 Å². The van der Waals surface area contributed by atoms with E-state index in [-0.39, 0.29) is 5.91 Å². The van der Waals surface area contributed by atoms with E-state index in [4.69, 9.17) is 0 Å². The van der Waals surface area contributed by atoms with Crippen molar-refractivity contribution in [2.45, 2.75) is 26.7 Å². The van der Waals surface area contributed by atoms with Gasteiger partial charge in [-0.3, -0.25) is 4.79 Å². The van der Waals surface area contributed by atoms with Crippen molar-refractivity contribution in [1.82, 2.24) is 9.88 Å². The third kappa shape index (κ3) is 2.37. The largest absolute Gasteiger partial charge is 0.359 e. The lowest BCUT2D eigenvalue weighted by Gasteiger charge is -2.31.